The Morgan fingerprint density at radius 3 is 2.57 bits per heavy atom. The zero-order chi connectivity index (χ0) is 15.4. The summed E-state index contributed by atoms with van der Waals surface area (Å²) in [6, 6.07) is 19.1. The third-order valence-corrected chi connectivity index (χ3v) is 4.33. The van der Waals surface area contributed by atoms with Crippen LogP contribution in [0.2, 0.25) is 0 Å². The SMILES string of the molecule is CNCC(=O)N1CCc2ccccc2C1Cc1ccccc1.Cl. The van der Waals surface area contributed by atoms with Crippen molar-refractivity contribution in [1.29, 1.82) is 0 Å². The first-order valence-electron chi connectivity index (χ1n) is 7.85. The van der Waals surface area contributed by atoms with E-state index in [1.165, 1.54) is 16.7 Å². The molecule has 0 saturated heterocycles. The summed E-state index contributed by atoms with van der Waals surface area (Å²) >= 11 is 0. The highest BCUT2D eigenvalue weighted by Gasteiger charge is 2.30. The normalized spacial score (nSPS) is 16.4. The lowest BCUT2D eigenvalue weighted by Gasteiger charge is -2.37. The van der Waals surface area contributed by atoms with Crippen LogP contribution >= 0.6 is 12.4 Å². The Morgan fingerprint density at radius 1 is 1.13 bits per heavy atom. The number of likely N-dealkylation sites (N-methyl/N-ethyl adjacent to an activating group) is 1. The molecule has 1 atom stereocenters. The van der Waals surface area contributed by atoms with Crippen molar-refractivity contribution in [2.24, 2.45) is 0 Å². The van der Waals surface area contributed by atoms with Crippen LogP contribution in [0.25, 0.3) is 0 Å². The number of benzene rings is 2. The Morgan fingerprint density at radius 2 is 1.83 bits per heavy atom. The number of hydrogen-bond acceptors (Lipinski definition) is 2. The second-order valence-electron chi connectivity index (χ2n) is 5.77. The van der Waals surface area contributed by atoms with E-state index in [9.17, 15) is 4.79 Å². The summed E-state index contributed by atoms with van der Waals surface area (Å²) in [4.78, 5) is 14.5. The van der Waals surface area contributed by atoms with Gasteiger partial charge in [-0.05, 0) is 36.6 Å². The molecule has 0 aromatic heterocycles. The zero-order valence-electron chi connectivity index (χ0n) is 13.4. The van der Waals surface area contributed by atoms with Crippen LogP contribution in [0.1, 0.15) is 22.7 Å². The number of carbonyl (C=O) groups excluding carboxylic acids is 1. The molecule has 0 radical (unpaired) electrons. The monoisotopic (exact) mass is 330 g/mol. The summed E-state index contributed by atoms with van der Waals surface area (Å²) in [6.07, 6.45) is 1.81. The Balaban J connectivity index is 0.00000192. The van der Waals surface area contributed by atoms with Crippen molar-refractivity contribution < 1.29 is 4.79 Å². The predicted molar refractivity (Wildman–Crippen MR) is 95.9 cm³/mol. The van der Waals surface area contributed by atoms with Crippen LogP contribution in [0.15, 0.2) is 54.6 Å². The molecule has 0 aliphatic carbocycles. The lowest BCUT2D eigenvalue weighted by atomic mass is 9.88. The fourth-order valence-corrected chi connectivity index (χ4v) is 3.26. The number of halogens is 1. The van der Waals surface area contributed by atoms with E-state index in [-0.39, 0.29) is 24.4 Å². The molecule has 0 fully saturated rings. The second kappa shape index (κ2) is 8.14. The third kappa shape index (κ3) is 3.92. The van der Waals surface area contributed by atoms with Crippen molar-refractivity contribution in [2.75, 3.05) is 20.1 Å². The van der Waals surface area contributed by atoms with Gasteiger partial charge in [-0.3, -0.25) is 4.79 Å². The highest BCUT2D eigenvalue weighted by Crippen LogP contribution is 2.32. The molecule has 3 rings (SSSR count). The number of fused-ring (bicyclic) bond motifs is 1. The molecule has 1 aliphatic heterocycles. The average molecular weight is 331 g/mol. The van der Waals surface area contributed by atoms with Crippen LogP contribution in [0.3, 0.4) is 0 Å². The van der Waals surface area contributed by atoms with Gasteiger partial charge in [0.25, 0.3) is 0 Å². The molecule has 0 bridgehead atoms. The van der Waals surface area contributed by atoms with Crippen LogP contribution in [-0.4, -0.2) is 30.9 Å². The smallest absolute Gasteiger partial charge is 0.237 e. The molecule has 4 heteroatoms. The first-order valence-corrected chi connectivity index (χ1v) is 7.85. The van der Waals surface area contributed by atoms with E-state index in [1.54, 1.807) is 0 Å². The van der Waals surface area contributed by atoms with E-state index >= 15 is 0 Å². The van der Waals surface area contributed by atoms with Crippen LogP contribution in [0.5, 0.6) is 0 Å². The topological polar surface area (TPSA) is 32.3 Å². The molecule has 1 heterocycles. The fourth-order valence-electron chi connectivity index (χ4n) is 3.26. The van der Waals surface area contributed by atoms with Crippen molar-refractivity contribution in [3.63, 3.8) is 0 Å². The van der Waals surface area contributed by atoms with E-state index < -0.39 is 0 Å². The molecule has 0 saturated carbocycles. The minimum Gasteiger partial charge on any atom is -0.334 e. The van der Waals surface area contributed by atoms with Gasteiger partial charge >= 0.3 is 0 Å². The van der Waals surface area contributed by atoms with Gasteiger partial charge in [-0.15, -0.1) is 12.4 Å². The molecule has 122 valence electrons. The molecule has 23 heavy (non-hydrogen) atoms. The summed E-state index contributed by atoms with van der Waals surface area (Å²) in [7, 11) is 1.82. The summed E-state index contributed by atoms with van der Waals surface area (Å²) in [5.74, 6) is 0.179. The van der Waals surface area contributed by atoms with E-state index in [0.717, 1.165) is 19.4 Å². The second-order valence-corrected chi connectivity index (χ2v) is 5.77. The molecule has 3 nitrogen and oxygen atoms in total. The van der Waals surface area contributed by atoms with Gasteiger partial charge in [0.1, 0.15) is 0 Å². The largest absolute Gasteiger partial charge is 0.334 e. The number of rotatable bonds is 4. The fraction of sp³-hybridized carbons (Fsp3) is 0.316. The highest BCUT2D eigenvalue weighted by molar-refractivity contribution is 5.85. The minimum atomic E-state index is 0. The Kier molecular flexibility index (Phi) is 6.20. The van der Waals surface area contributed by atoms with Gasteiger partial charge in [-0.25, -0.2) is 0 Å². The summed E-state index contributed by atoms with van der Waals surface area (Å²) < 4.78 is 0. The van der Waals surface area contributed by atoms with Crippen molar-refractivity contribution in [2.45, 2.75) is 18.9 Å². The molecular weight excluding hydrogens is 308 g/mol. The van der Waals surface area contributed by atoms with Crippen molar-refractivity contribution in [3.8, 4) is 0 Å². The van der Waals surface area contributed by atoms with Crippen molar-refractivity contribution in [1.82, 2.24) is 10.2 Å². The number of hydrogen-bond donors (Lipinski definition) is 1. The molecule has 1 unspecified atom stereocenters. The minimum absolute atomic E-state index is 0. The molecule has 1 amide bonds. The zero-order valence-corrected chi connectivity index (χ0v) is 14.2. The molecule has 0 spiro atoms. The van der Waals surface area contributed by atoms with Gasteiger partial charge in [-0.2, -0.15) is 0 Å². The van der Waals surface area contributed by atoms with Crippen LogP contribution in [0, 0.1) is 0 Å². The average Bonchev–Trinajstić information content (AvgIpc) is 2.56. The van der Waals surface area contributed by atoms with Gasteiger partial charge in [0.05, 0.1) is 12.6 Å². The third-order valence-electron chi connectivity index (χ3n) is 4.33. The van der Waals surface area contributed by atoms with Gasteiger partial charge < -0.3 is 10.2 Å². The first-order chi connectivity index (χ1) is 10.8. The molecule has 2 aromatic rings. The maximum Gasteiger partial charge on any atom is 0.237 e. The first kappa shape index (κ1) is 17.5. The van der Waals surface area contributed by atoms with E-state index in [1.807, 2.05) is 18.0 Å². The van der Waals surface area contributed by atoms with Crippen molar-refractivity contribution >= 4 is 18.3 Å². The Hall–Kier alpha value is -1.84. The quantitative estimate of drug-likeness (QED) is 0.934. The Bertz CT molecular complexity index is 645. The van der Waals surface area contributed by atoms with Gasteiger partial charge in [0.2, 0.25) is 5.91 Å². The standard InChI is InChI=1S/C19H22N2O.ClH/c1-20-14-19(22)21-12-11-16-9-5-6-10-17(16)18(21)13-15-7-3-2-4-8-15;/h2-10,18,20H,11-14H2,1H3;1H. The summed E-state index contributed by atoms with van der Waals surface area (Å²) in [6.45, 7) is 1.20. The molecule has 2 aromatic carbocycles. The van der Waals surface area contributed by atoms with Crippen LogP contribution in [0.4, 0.5) is 0 Å². The van der Waals surface area contributed by atoms with Crippen molar-refractivity contribution in [3.05, 3.63) is 71.3 Å². The van der Waals surface area contributed by atoms with E-state index in [4.69, 9.17) is 0 Å². The summed E-state index contributed by atoms with van der Waals surface area (Å²) in [5, 5.41) is 2.98. The molecule has 1 N–H and O–H groups in total. The number of nitrogens with one attached hydrogen (secondary N) is 1. The van der Waals surface area contributed by atoms with Gasteiger partial charge in [0, 0.05) is 6.54 Å². The van der Waals surface area contributed by atoms with Gasteiger partial charge in [0.15, 0.2) is 0 Å². The number of nitrogens with zero attached hydrogens (tertiary/aromatic N) is 1. The summed E-state index contributed by atoms with van der Waals surface area (Å²) in [5.41, 5.74) is 3.94. The lowest BCUT2D eigenvalue weighted by molar-refractivity contribution is -0.133. The van der Waals surface area contributed by atoms with Crippen LogP contribution < -0.4 is 5.32 Å². The molecular formula is C19H23ClN2O. The lowest BCUT2D eigenvalue weighted by Crippen LogP contribution is -2.44. The molecule has 1 aliphatic rings. The van der Waals surface area contributed by atoms with E-state index in [2.05, 4.69) is 53.8 Å². The number of amides is 1. The maximum atomic E-state index is 12.5. The van der Waals surface area contributed by atoms with E-state index in [0.29, 0.717) is 6.54 Å². The highest BCUT2D eigenvalue weighted by atomic mass is 35.5. The van der Waals surface area contributed by atoms with Crippen LogP contribution in [-0.2, 0) is 17.6 Å². The van der Waals surface area contributed by atoms with Gasteiger partial charge in [-0.1, -0.05) is 54.6 Å². The Labute approximate surface area is 144 Å². The maximum absolute atomic E-state index is 12.5. The number of carbonyl (C=O) groups is 1. The predicted octanol–water partition coefficient (Wildman–Crippen LogP) is 3.00.